The summed E-state index contributed by atoms with van der Waals surface area (Å²) in [6, 6.07) is 12.1. The third kappa shape index (κ3) is 3.85. The van der Waals surface area contributed by atoms with Crippen LogP contribution in [0.5, 0.6) is 0 Å². The molecule has 1 heterocycles. The van der Waals surface area contributed by atoms with Crippen LogP contribution in [0.25, 0.3) is 0 Å². The number of benzene rings is 1. The fraction of sp³-hybridized carbons (Fsp3) is 0.312. The molecule has 0 saturated carbocycles. The van der Waals surface area contributed by atoms with Crippen molar-refractivity contribution in [1.82, 2.24) is 10.3 Å². The minimum atomic E-state index is -0.264. The van der Waals surface area contributed by atoms with E-state index < -0.39 is 0 Å². The van der Waals surface area contributed by atoms with Gasteiger partial charge in [-0.25, -0.2) is 4.39 Å². The van der Waals surface area contributed by atoms with E-state index in [4.69, 9.17) is 5.11 Å². The Morgan fingerprint density at radius 2 is 2.10 bits per heavy atom. The standard InChI is InChI=1S/C16H19FN2O/c1-12(8-10-20)19-16(15-7-2-3-9-18-15)13-5-4-6-14(17)11-13/h2-7,9,11-12,16,19-20H,8,10H2,1H3. The zero-order valence-electron chi connectivity index (χ0n) is 11.5. The van der Waals surface area contributed by atoms with E-state index in [0.29, 0.717) is 6.42 Å². The predicted molar refractivity (Wildman–Crippen MR) is 76.8 cm³/mol. The quantitative estimate of drug-likeness (QED) is 0.851. The Hall–Kier alpha value is -1.78. The topological polar surface area (TPSA) is 45.1 Å². The molecule has 2 unspecified atom stereocenters. The minimum absolute atomic E-state index is 0.107. The summed E-state index contributed by atoms with van der Waals surface area (Å²) in [6.07, 6.45) is 2.36. The van der Waals surface area contributed by atoms with Crippen molar-refractivity contribution in [3.8, 4) is 0 Å². The third-order valence-electron chi connectivity index (χ3n) is 3.18. The Kier molecular flexibility index (Phi) is 5.21. The maximum absolute atomic E-state index is 13.4. The zero-order chi connectivity index (χ0) is 14.4. The van der Waals surface area contributed by atoms with Gasteiger partial charge in [-0.2, -0.15) is 0 Å². The first-order chi connectivity index (χ1) is 9.70. The van der Waals surface area contributed by atoms with Crippen LogP contribution in [0.4, 0.5) is 4.39 Å². The van der Waals surface area contributed by atoms with Crippen LogP contribution in [-0.2, 0) is 0 Å². The van der Waals surface area contributed by atoms with Gasteiger partial charge in [0.1, 0.15) is 5.82 Å². The monoisotopic (exact) mass is 274 g/mol. The molecular formula is C16H19FN2O. The molecule has 2 aromatic rings. The van der Waals surface area contributed by atoms with E-state index in [-0.39, 0.29) is 24.5 Å². The van der Waals surface area contributed by atoms with Gasteiger partial charge < -0.3 is 10.4 Å². The van der Waals surface area contributed by atoms with Crippen molar-refractivity contribution < 1.29 is 9.50 Å². The molecule has 2 rings (SSSR count). The minimum Gasteiger partial charge on any atom is -0.396 e. The molecule has 3 nitrogen and oxygen atoms in total. The second-order valence-corrected chi connectivity index (χ2v) is 4.82. The summed E-state index contributed by atoms with van der Waals surface area (Å²) < 4.78 is 13.4. The molecule has 20 heavy (non-hydrogen) atoms. The number of halogens is 1. The first-order valence-electron chi connectivity index (χ1n) is 6.74. The third-order valence-corrected chi connectivity index (χ3v) is 3.18. The van der Waals surface area contributed by atoms with Crippen molar-refractivity contribution in [2.75, 3.05) is 6.61 Å². The Morgan fingerprint density at radius 3 is 2.75 bits per heavy atom. The number of hydrogen-bond donors (Lipinski definition) is 2. The SMILES string of the molecule is CC(CCO)NC(c1cccc(F)c1)c1ccccn1. The number of nitrogens with zero attached hydrogens (tertiary/aromatic N) is 1. The maximum Gasteiger partial charge on any atom is 0.123 e. The van der Waals surface area contributed by atoms with Gasteiger partial charge in [-0.15, -0.1) is 0 Å². The van der Waals surface area contributed by atoms with E-state index in [9.17, 15) is 4.39 Å². The van der Waals surface area contributed by atoms with Crippen LogP contribution in [0.2, 0.25) is 0 Å². The van der Waals surface area contributed by atoms with Crippen molar-refractivity contribution in [3.05, 3.63) is 65.7 Å². The van der Waals surface area contributed by atoms with Gasteiger partial charge in [0.25, 0.3) is 0 Å². The van der Waals surface area contributed by atoms with Crippen LogP contribution >= 0.6 is 0 Å². The normalized spacial score (nSPS) is 13.9. The second kappa shape index (κ2) is 7.12. The molecule has 1 aromatic heterocycles. The van der Waals surface area contributed by atoms with Crippen LogP contribution < -0.4 is 5.32 Å². The summed E-state index contributed by atoms with van der Waals surface area (Å²) in [7, 11) is 0. The lowest BCUT2D eigenvalue weighted by Gasteiger charge is -2.23. The average molecular weight is 274 g/mol. The van der Waals surface area contributed by atoms with E-state index >= 15 is 0 Å². The van der Waals surface area contributed by atoms with Gasteiger partial charge in [0, 0.05) is 18.8 Å². The van der Waals surface area contributed by atoms with E-state index in [1.165, 1.54) is 12.1 Å². The maximum atomic E-state index is 13.4. The molecule has 0 aliphatic heterocycles. The molecule has 0 spiro atoms. The van der Waals surface area contributed by atoms with Gasteiger partial charge in [-0.05, 0) is 43.2 Å². The predicted octanol–water partition coefficient (Wildman–Crippen LogP) is 2.67. The highest BCUT2D eigenvalue weighted by Gasteiger charge is 2.17. The summed E-state index contributed by atoms with van der Waals surface area (Å²) in [5, 5.41) is 12.4. The van der Waals surface area contributed by atoms with Gasteiger partial charge in [-0.1, -0.05) is 18.2 Å². The first kappa shape index (κ1) is 14.6. The fourth-order valence-corrected chi connectivity index (χ4v) is 2.15. The largest absolute Gasteiger partial charge is 0.396 e. The van der Waals surface area contributed by atoms with Crippen LogP contribution in [-0.4, -0.2) is 22.7 Å². The number of aliphatic hydroxyl groups excluding tert-OH is 1. The van der Waals surface area contributed by atoms with Gasteiger partial charge >= 0.3 is 0 Å². The van der Waals surface area contributed by atoms with E-state index in [0.717, 1.165) is 11.3 Å². The Balaban J connectivity index is 2.29. The number of aromatic nitrogens is 1. The fourth-order valence-electron chi connectivity index (χ4n) is 2.15. The molecule has 0 fully saturated rings. The Labute approximate surface area is 118 Å². The highest BCUT2D eigenvalue weighted by molar-refractivity contribution is 5.28. The number of rotatable bonds is 6. The summed E-state index contributed by atoms with van der Waals surface area (Å²) in [5.41, 5.74) is 1.66. The number of nitrogens with one attached hydrogen (secondary N) is 1. The summed E-state index contributed by atoms with van der Waals surface area (Å²) in [5.74, 6) is -0.264. The van der Waals surface area contributed by atoms with Crippen LogP contribution in [0, 0.1) is 5.82 Å². The van der Waals surface area contributed by atoms with Crippen LogP contribution in [0.1, 0.15) is 30.6 Å². The van der Waals surface area contributed by atoms with Crippen molar-refractivity contribution in [3.63, 3.8) is 0 Å². The highest BCUT2D eigenvalue weighted by Crippen LogP contribution is 2.22. The van der Waals surface area contributed by atoms with Gasteiger partial charge in [0.15, 0.2) is 0 Å². The smallest absolute Gasteiger partial charge is 0.123 e. The number of hydrogen-bond acceptors (Lipinski definition) is 3. The summed E-state index contributed by atoms with van der Waals surface area (Å²) >= 11 is 0. The molecule has 2 N–H and O–H groups in total. The van der Waals surface area contributed by atoms with E-state index in [2.05, 4.69) is 10.3 Å². The van der Waals surface area contributed by atoms with Gasteiger partial charge in [0.2, 0.25) is 0 Å². The van der Waals surface area contributed by atoms with Crippen LogP contribution in [0.3, 0.4) is 0 Å². The van der Waals surface area contributed by atoms with Crippen molar-refractivity contribution in [2.45, 2.75) is 25.4 Å². The first-order valence-corrected chi connectivity index (χ1v) is 6.74. The van der Waals surface area contributed by atoms with Crippen molar-refractivity contribution in [1.29, 1.82) is 0 Å². The summed E-state index contributed by atoms with van der Waals surface area (Å²) in [4.78, 5) is 4.35. The molecule has 106 valence electrons. The molecule has 1 aromatic carbocycles. The van der Waals surface area contributed by atoms with E-state index in [1.807, 2.05) is 31.2 Å². The van der Waals surface area contributed by atoms with Gasteiger partial charge in [-0.3, -0.25) is 4.98 Å². The lowest BCUT2D eigenvalue weighted by molar-refractivity contribution is 0.265. The molecular weight excluding hydrogens is 255 g/mol. The van der Waals surface area contributed by atoms with Crippen molar-refractivity contribution >= 4 is 0 Å². The lowest BCUT2D eigenvalue weighted by Crippen LogP contribution is -2.32. The lowest BCUT2D eigenvalue weighted by atomic mass is 10.0. The molecule has 0 saturated heterocycles. The van der Waals surface area contributed by atoms with Crippen molar-refractivity contribution in [2.24, 2.45) is 0 Å². The molecule has 0 amide bonds. The molecule has 4 heteroatoms. The number of aliphatic hydroxyl groups is 1. The average Bonchev–Trinajstić information content (AvgIpc) is 2.46. The van der Waals surface area contributed by atoms with Gasteiger partial charge in [0.05, 0.1) is 11.7 Å². The summed E-state index contributed by atoms with van der Waals surface area (Å²) in [6.45, 7) is 2.11. The zero-order valence-corrected chi connectivity index (χ0v) is 11.5. The second-order valence-electron chi connectivity index (χ2n) is 4.82. The molecule has 2 atom stereocenters. The van der Waals surface area contributed by atoms with Crippen LogP contribution in [0.15, 0.2) is 48.7 Å². The molecule has 0 radical (unpaired) electrons. The van der Waals surface area contributed by atoms with E-state index in [1.54, 1.807) is 12.3 Å². The molecule has 0 aliphatic rings. The Morgan fingerprint density at radius 1 is 1.25 bits per heavy atom. The Bertz CT molecular complexity index is 533. The number of pyridine rings is 1. The molecule has 0 bridgehead atoms. The molecule has 0 aliphatic carbocycles. The highest BCUT2D eigenvalue weighted by atomic mass is 19.1.